The third kappa shape index (κ3) is 7.46. The Labute approximate surface area is 156 Å². The molecule has 7 heteroatoms. The molecule has 134 valence electrons. The van der Waals surface area contributed by atoms with Crippen LogP contribution in [0.2, 0.25) is 5.02 Å². The number of rotatable bonds is 6. The van der Waals surface area contributed by atoms with E-state index in [1.165, 1.54) is 0 Å². The fourth-order valence-electron chi connectivity index (χ4n) is 2.54. The summed E-state index contributed by atoms with van der Waals surface area (Å²) < 4.78 is 5.64. The third-order valence-electron chi connectivity index (χ3n) is 3.95. The first-order chi connectivity index (χ1) is 10.1. The lowest BCUT2D eigenvalue weighted by Gasteiger charge is -2.34. The van der Waals surface area contributed by atoms with Crippen LogP contribution < -0.4 is 4.74 Å². The number of β-amino-alcohol motifs (C(OH)–C–C–N with tert-alkyl or cyclic N) is 1. The van der Waals surface area contributed by atoms with E-state index in [1.54, 1.807) is 0 Å². The fourth-order valence-corrected chi connectivity index (χ4v) is 2.66. The normalized spacial score (nSPS) is 17.0. The van der Waals surface area contributed by atoms with Gasteiger partial charge in [0.15, 0.2) is 0 Å². The van der Waals surface area contributed by atoms with E-state index >= 15 is 0 Å². The lowest BCUT2D eigenvalue weighted by Crippen LogP contribution is -2.49. The van der Waals surface area contributed by atoms with E-state index in [0.717, 1.165) is 49.1 Å². The maximum Gasteiger partial charge on any atom is 0.119 e. The van der Waals surface area contributed by atoms with Gasteiger partial charge in [-0.15, -0.1) is 24.8 Å². The molecule has 23 heavy (non-hydrogen) atoms. The molecule has 1 N–H and O–H groups in total. The Bertz CT molecular complexity index is 455. The predicted molar refractivity (Wildman–Crippen MR) is 101 cm³/mol. The molecule has 0 bridgehead atoms. The number of likely N-dealkylation sites (N-methyl/N-ethyl adjacent to an activating group) is 1. The minimum Gasteiger partial charge on any atom is -0.491 e. The van der Waals surface area contributed by atoms with Gasteiger partial charge in [0.25, 0.3) is 0 Å². The summed E-state index contributed by atoms with van der Waals surface area (Å²) in [6.07, 6.45) is -0.464. The van der Waals surface area contributed by atoms with Gasteiger partial charge >= 0.3 is 0 Å². The molecule has 1 aromatic carbocycles. The van der Waals surface area contributed by atoms with Crippen molar-refractivity contribution in [2.24, 2.45) is 0 Å². The average Bonchev–Trinajstić information content (AvgIpc) is 2.49. The molecule has 0 amide bonds. The van der Waals surface area contributed by atoms with Crippen LogP contribution in [-0.2, 0) is 0 Å². The fraction of sp³-hybridized carbons (Fsp3) is 0.625. The van der Waals surface area contributed by atoms with Crippen molar-refractivity contribution in [1.29, 1.82) is 0 Å². The van der Waals surface area contributed by atoms with E-state index in [1.807, 2.05) is 25.1 Å². The van der Waals surface area contributed by atoms with Gasteiger partial charge in [0.1, 0.15) is 18.5 Å². The molecule has 1 aliphatic rings. The molecule has 1 fully saturated rings. The van der Waals surface area contributed by atoms with Gasteiger partial charge in [-0.25, -0.2) is 0 Å². The second kappa shape index (κ2) is 11.3. The Hall–Kier alpha value is -0.230. The molecule has 0 aromatic heterocycles. The smallest absolute Gasteiger partial charge is 0.119 e. The summed E-state index contributed by atoms with van der Waals surface area (Å²) in [6, 6.07) is 5.56. The molecule has 1 heterocycles. The quantitative estimate of drug-likeness (QED) is 0.817. The monoisotopic (exact) mass is 384 g/mol. The highest BCUT2D eigenvalue weighted by Crippen LogP contribution is 2.21. The average molecular weight is 386 g/mol. The van der Waals surface area contributed by atoms with Gasteiger partial charge in [-0.2, -0.15) is 0 Å². The molecular weight excluding hydrogens is 359 g/mol. The molecule has 0 spiro atoms. The highest BCUT2D eigenvalue weighted by molar-refractivity contribution is 6.31. The van der Waals surface area contributed by atoms with E-state index in [0.29, 0.717) is 13.2 Å². The largest absolute Gasteiger partial charge is 0.491 e. The van der Waals surface area contributed by atoms with Crippen molar-refractivity contribution in [3.05, 3.63) is 28.8 Å². The summed E-state index contributed by atoms with van der Waals surface area (Å²) in [7, 11) is 0. The van der Waals surface area contributed by atoms with E-state index in [9.17, 15) is 5.11 Å². The van der Waals surface area contributed by atoms with Crippen molar-refractivity contribution < 1.29 is 9.84 Å². The molecule has 4 nitrogen and oxygen atoms in total. The highest BCUT2D eigenvalue weighted by Gasteiger charge is 2.18. The maximum atomic E-state index is 10.1. The van der Waals surface area contributed by atoms with Crippen molar-refractivity contribution in [3.63, 3.8) is 0 Å². The first-order valence-electron chi connectivity index (χ1n) is 7.60. The number of aliphatic hydroxyl groups is 1. The predicted octanol–water partition coefficient (Wildman–Crippen LogP) is 2.87. The number of benzene rings is 1. The lowest BCUT2D eigenvalue weighted by atomic mass is 10.2. The van der Waals surface area contributed by atoms with Crippen LogP contribution in [0.1, 0.15) is 12.5 Å². The molecule has 1 aromatic rings. The van der Waals surface area contributed by atoms with Crippen molar-refractivity contribution in [3.8, 4) is 5.75 Å². The van der Waals surface area contributed by atoms with E-state index in [2.05, 4.69) is 16.7 Å². The second-order valence-electron chi connectivity index (χ2n) is 5.61. The zero-order valence-electron chi connectivity index (χ0n) is 13.7. The Morgan fingerprint density at radius 1 is 1.17 bits per heavy atom. The first-order valence-corrected chi connectivity index (χ1v) is 7.98. The summed E-state index contributed by atoms with van der Waals surface area (Å²) in [4.78, 5) is 4.73. The van der Waals surface area contributed by atoms with Crippen LogP contribution in [0.5, 0.6) is 5.75 Å². The van der Waals surface area contributed by atoms with Crippen LogP contribution in [0.4, 0.5) is 0 Å². The summed E-state index contributed by atoms with van der Waals surface area (Å²) in [5.41, 5.74) is 0.986. The summed E-state index contributed by atoms with van der Waals surface area (Å²) in [5.74, 6) is 0.756. The summed E-state index contributed by atoms with van der Waals surface area (Å²) in [5, 5.41) is 10.8. The van der Waals surface area contributed by atoms with Crippen molar-refractivity contribution in [2.75, 3.05) is 45.9 Å². The van der Waals surface area contributed by atoms with E-state index in [-0.39, 0.29) is 24.8 Å². The number of aliphatic hydroxyl groups excluding tert-OH is 1. The molecule has 0 aliphatic carbocycles. The van der Waals surface area contributed by atoms with Crippen molar-refractivity contribution in [2.45, 2.75) is 20.0 Å². The number of halogens is 3. The van der Waals surface area contributed by atoms with Gasteiger partial charge in [-0.3, -0.25) is 4.90 Å². The summed E-state index contributed by atoms with van der Waals surface area (Å²) in [6.45, 7) is 10.4. The Morgan fingerprint density at radius 3 is 2.35 bits per heavy atom. The molecule has 0 radical (unpaired) electrons. The van der Waals surface area contributed by atoms with Crippen molar-refractivity contribution in [1.82, 2.24) is 9.80 Å². The van der Waals surface area contributed by atoms with E-state index in [4.69, 9.17) is 16.3 Å². The second-order valence-corrected chi connectivity index (χ2v) is 6.02. The third-order valence-corrected chi connectivity index (χ3v) is 4.38. The van der Waals surface area contributed by atoms with Crippen LogP contribution in [0.3, 0.4) is 0 Å². The molecule has 1 unspecified atom stereocenters. The van der Waals surface area contributed by atoms with Crippen LogP contribution in [0, 0.1) is 6.92 Å². The molecule has 2 rings (SSSR count). The molecule has 1 atom stereocenters. The topological polar surface area (TPSA) is 35.9 Å². The minimum absolute atomic E-state index is 0. The van der Waals surface area contributed by atoms with Crippen LogP contribution >= 0.6 is 36.4 Å². The van der Waals surface area contributed by atoms with Gasteiger partial charge in [0.05, 0.1) is 0 Å². The number of aryl methyl sites for hydroxylation is 1. The van der Waals surface area contributed by atoms with Crippen molar-refractivity contribution >= 4 is 36.4 Å². The molecule has 0 saturated carbocycles. The molecular formula is C16H27Cl3N2O2. The number of piperazine rings is 1. The standard InChI is InChI=1S/C16H25ClN2O2.2ClH/c1-3-18-6-8-19(9-7-18)11-14(20)12-21-15-4-5-16(17)13(2)10-15;;/h4-5,10,14,20H,3,6-9,11-12H2,1-2H3;2*1H. The number of nitrogens with zero attached hydrogens (tertiary/aromatic N) is 2. The van der Waals surface area contributed by atoms with Gasteiger partial charge < -0.3 is 14.7 Å². The van der Waals surface area contributed by atoms with E-state index < -0.39 is 6.10 Å². The van der Waals surface area contributed by atoms with Crippen LogP contribution in [0.25, 0.3) is 0 Å². The van der Waals surface area contributed by atoms with Crippen LogP contribution in [0.15, 0.2) is 18.2 Å². The highest BCUT2D eigenvalue weighted by atomic mass is 35.5. The van der Waals surface area contributed by atoms with Gasteiger partial charge in [0.2, 0.25) is 0 Å². The summed E-state index contributed by atoms with van der Waals surface area (Å²) >= 11 is 5.98. The lowest BCUT2D eigenvalue weighted by molar-refractivity contribution is 0.0471. The Morgan fingerprint density at radius 2 is 1.78 bits per heavy atom. The zero-order valence-corrected chi connectivity index (χ0v) is 16.1. The first kappa shape index (κ1) is 22.8. The molecule has 1 aliphatic heterocycles. The van der Waals surface area contributed by atoms with Gasteiger partial charge in [-0.05, 0) is 37.2 Å². The van der Waals surface area contributed by atoms with Gasteiger partial charge in [0, 0.05) is 37.7 Å². The van der Waals surface area contributed by atoms with Crippen LogP contribution in [-0.4, -0.2) is 66.9 Å². The van der Waals surface area contributed by atoms with Gasteiger partial charge in [-0.1, -0.05) is 18.5 Å². The SMILES string of the molecule is CCN1CCN(CC(O)COc2ccc(Cl)c(C)c2)CC1.Cl.Cl. The Kier molecular flexibility index (Phi) is 11.2. The minimum atomic E-state index is -0.464. The Balaban J connectivity index is 0.00000242. The number of hydrogen-bond donors (Lipinski definition) is 1. The number of ether oxygens (including phenoxy) is 1. The maximum absolute atomic E-state index is 10.1. The zero-order chi connectivity index (χ0) is 15.2. The number of hydrogen-bond acceptors (Lipinski definition) is 4. The molecule has 1 saturated heterocycles.